The fraction of sp³-hybridized carbons (Fsp3) is 0.0889. The van der Waals surface area contributed by atoms with Crippen LogP contribution >= 0.6 is 0 Å². The Bertz CT molecular complexity index is 2130. The molecule has 3 aromatic carbocycles. The molecule has 1 aromatic heterocycles. The van der Waals surface area contributed by atoms with Crippen molar-refractivity contribution in [2.24, 2.45) is 10.7 Å². The highest BCUT2D eigenvalue weighted by Gasteiger charge is 2.16. The highest BCUT2D eigenvalue weighted by molar-refractivity contribution is 6.17. The van der Waals surface area contributed by atoms with E-state index in [0.29, 0.717) is 12.2 Å². The summed E-state index contributed by atoms with van der Waals surface area (Å²) in [5.41, 5.74) is 24.0. The monoisotopic (exact) mass is 642 g/mol. The van der Waals surface area contributed by atoms with Gasteiger partial charge in [0, 0.05) is 27.9 Å². The van der Waals surface area contributed by atoms with Crippen molar-refractivity contribution in [2.75, 3.05) is 12.3 Å². The summed E-state index contributed by atoms with van der Waals surface area (Å²) in [6.07, 6.45) is 23.1. The van der Waals surface area contributed by atoms with Crippen molar-refractivity contribution in [1.29, 1.82) is 0 Å². The number of fused-ring (bicyclic) bond motifs is 3. The van der Waals surface area contributed by atoms with Crippen molar-refractivity contribution in [3.8, 4) is 0 Å². The Labute approximate surface area is 291 Å². The fourth-order valence-corrected chi connectivity index (χ4v) is 5.73. The third-order valence-electron chi connectivity index (χ3n) is 7.96. The molecule has 0 unspecified atom stereocenters. The van der Waals surface area contributed by atoms with Crippen molar-refractivity contribution in [3.05, 3.63) is 193 Å². The van der Waals surface area contributed by atoms with Crippen LogP contribution in [-0.2, 0) is 0 Å². The van der Waals surface area contributed by atoms with E-state index in [9.17, 15) is 0 Å². The maximum atomic E-state index is 6.76. The normalized spacial score (nSPS) is 13.9. The van der Waals surface area contributed by atoms with Crippen molar-refractivity contribution >= 4 is 50.6 Å². The lowest BCUT2D eigenvalue weighted by Crippen LogP contribution is -2.07. The number of aromatic nitrogens is 1. The molecule has 49 heavy (non-hydrogen) atoms. The number of aliphatic imine (C=N–C) groups is 1. The summed E-state index contributed by atoms with van der Waals surface area (Å²) in [7, 11) is 0. The molecule has 4 aromatic rings. The van der Waals surface area contributed by atoms with Crippen LogP contribution in [0.5, 0.6) is 0 Å². The Morgan fingerprint density at radius 2 is 1.51 bits per heavy atom. The third-order valence-corrected chi connectivity index (χ3v) is 7.96. The Morgan fingerprint density at radius 1 is 0.816 bits per heavy atom. The summed E-state index contributed by atoms with van der Waals surface area (Å²) in [4.78, 5) is 5.03. The first-order valence-corrected chi connectivity index (χ1v) is 16.3. The Kier molecular flexibility index (Phi) is 12.5. The second-order valence-corrected chi connectivity index (χ2v) is 11.5. The van der Waals surface area contributed by atoms with Gasteiger partial charge in [0.05, 0.1) is 23.3 Å². The highest BCUT2D eigenvalue weighted by atomic mass is 15.0. The van der Waals surface area contributed by atoms with Crippen molar-refractivity contribution in [2.45, 2.75) is 20.8 Å². The van der Waals surface area contributed by atoms with E-state index in [4.69, 9.17) is 16.5 Å². The van der Waals surface area contributed by atoms with Gasteiger partial charge in [-0.3, -0.25) is 4.99 Å². The summed E-state index contributed by atoms with van der Waals surface area (Å²) >= 11 is 0. The summed E-state index contributed by atoms with van der Waals surface area (Å²) in [6, 6.07) is 22.8. The zero-order valence-electron chi connectivity index (χ0n) is 28.9. The second kappa shape index (κ2) is 17.1. The molecule has 0 fully saturated rings. The average Bonchev–Trinajstić information content (AvgIpc) is 3.45. The van der Waals surface area contributed by atoms with Crippen LogP contribution in [0.25, 0.3) is 39.2 Å². The summed E-state index contributed by atoms with van der Waals surface area (Å²) in [6.45, 7) is 22.7. The molecule has 246 valence electrons. The van der Waals surface area contributed by atoms with E-state index in [0.717, 1.165) is 72.3 Å². The van der Waals surface area contributed by atoms with Crippen molar-refractivity contribution < 1.29 is 0 Å². The molecule has 0 atom stereocenters. The summed E-state index contributed by atoms with van der Waals surface area (Å²) in [5, 5.41) is 2.11. The minimum Gasteiger partial charge on any atom is -0.398 e. The van der Waals surface area contributed by atoms with Crippen molar-refractivity contribution in [1.82, 2.24) is 4.57 Å². The summed E-state index contributed by atoms with van der Waals surface area (Å²) in [5.74, 6) is 0. The molecule has 0 saturated carbocycles. The first kappa shape index (κ1) is 35.7. The van der Waals surface area contributed by atoms with E-state index in [2.05, 4.69) is 86.4 Å². The zero-order chi connectivity index (χ0) is 35.3. The minimum atomic E-state index is 0.441. The molecule has 0 aliphatic carbocycles. The number of nitrogens with zero attached hydrogens (tertiary/aromatic N) is 2. The molecule has 0 aliphatic heterocycles. The van der Waals surface area contributed by atoms with E-state index in [1.165, 1.54) is 0 Å². The van der Waals surface area contributed by atoms with Crippen LogP contribution in [0.15, 0.2) is 187 Å². The number of benzene rings is 3. The number of nitrogens with two attached hydrogens (primary N) is 2. The molecule has 4 heteroatoms. The fourth-order valence-electron chi connectivity index (χ4n) is 5.73. The molecule has 0 spiro atoms. The molecule has 0 amide bonds. The number of allylic oxidation sites excluding steroid dienone is 14. The first-order valence-electron chi connectivity index (χ1n) is 16.3. The molecule has 0 aliphatic rings. The largest absolute Gasteiger partial charge is 0.398 e. The molecule has 0 radical (unpaired) electrons. The van der Waals surface area contributed by atoms with Crippen LogP contribution in [-0.4, -0.2) is 16.8 Å². The van der Waals surface area contributed by atoms with Crippen LogP contribution in [0, 0.1) is 0 Å². The molecule has 4 rings (SSSR count). The van der Waals surface area contributed by atoms with Gasteiger partial charge in [-0.25, -0.2) is 0 Å². The van der Waals surface area contributed by atoms with Gasteiger partial charge in [0.25, 0.3) is 0 Å². The SMILES string of the molecule is C=C/C=C(\C=C/C)C(/C=C(N)/C(C=C)=C/C=C)=NC/C(C)=C/C(=C\C(=C)n1c2ccccc2c2c(N)c(/C=C\C)ccc21)c1ccccc1. The van der Waals surface area contributed by atoms with E-state index < -0.39 is 0 Å². The quantitative estimate of drug-likeness (QED) is 0.0816. The van der Waals surface area contributed by atoms with Gasteiger partial charge < -0.3 is 16.0 Å². The average molecular weight is 643 g/mol. The van der Waals surface area contributed by atoms with E-state index in [1.807, 2.05) is 86.7 Å². The van der Waals surface area contributed by atoms with E-state index >= 15 is 0 Å². The lowest BCUT2D eigenvalue weighted by molar-refractivity contribution is 1.13. The van der Waals surface area contributed by atoms with Gasteiger partial charge in [-0.05, 0) is 72.9 Å². The molecule has 0 saturated heterocycles. The second-order valence-electron chi connectivity index (χ2n) is 11.5. The van der Waals surface area contributed by atoms with Crippen LogP contribution in [0.2, 0.25) is 0 Å². The van der Waals surface area contributed by atoms with Crippen LogP contribution in [0.1, 0.15) is 31.9 Å². The Morgan fingerprint density at radius 3 is 2.18 bits per heavy atom. The van der Waals surface area contributed by atoms with E-state index in [1.54, 1.807) is 18.2 Å². The number of hydrogen-bond donors (Lipinski definition) is 2. The third kappa shape index (κ3) is 8.43. The van der Waals surface area contributed by atoms with E-state index in [-0.39, 0.29) is 0 Å². The van der Waals surface area contributed by atoms with Gasteiger partial charge in [-0.1, -0.05) is 147 Å². The zero-order valence-corrected chi connectivity index (χ0v) is 28.9. The molecule has 0 bridgehead atoms. The van der Waals surface area contributed by atoms with Crippen molar-refractivity contribution in [3.63, 3.8) is 0 Å². The first-order chi connectivity index (χ1) is 23.8. The predicted molar refractivity (Wildman–Crippen MR) is 218 cm³/mol. The van der Waals surface area contributed by atoms with Gasteiger partial charge in [-0.15, -0.1) is 0 Å². The van der Waals surface area contributed by atoms with Gasteiger partial charge in [0.1, 0.15) is 0 Å². The van der Waals surface area contributed by atoms with Crippen LogP contribution in [0.4, 0.5) is 5.69 Å². The standard InChI is InChI=1S/C45H46N4/c1-8-18-34(12-5)40(46)30-41(36(19-9-2)20-10-3)48-31-32(6)28-38(35-22-14-13-15-23-35)29-33(7)49-42-25-17-16-24-39(42)44-43(49)27-26-37(21-11-4)45(44)47/h8-30H,1-2,5,7,31,46-47H2,3-4,6H3/b20-10-,21-11-,32-28+,34-18+,36-19+,38-29+,40-30-,48-41?. The Balaban J connectivity index is 1.85. The van der Waals surface area contributed by atoms with Crippen LogP contribution in [0.3, 0.4) is 0 Å². The molecule has 4 nitrogen and oxygen atoms in total. The van der Waals surface area contributed by atoms with Gasteiger partial charge in [0.2, 0.25) is 0 Å². The number of rotatable bonds is 14. The van der Waals surface area contributed by atoms with Gasteiger partial charge in [-0.2, -0.15) is 0 Å². The maximum absolute atomic E-state index is 6.76. The number of anilines is 1. The predicted octanol–water partition coefficient (Wildman–Crippen LogP) is 11.2. The maximum Gasteiger partial charge on any atom is 0.0671 e. The molecule has 1 heterocycles. The molecular formula is C45H46N4. The number of hydrogen-bond acceptors (Lipinski definition) is 3. The smallest absolute Gasteiger partial charge is 0.0671 e. The Hall–Kier alpha value is -6.13. The topological polar surface area (TPSA) is 69.3 Å². The lowest BCUT2D eigenvalue weighted by Gasteiger charge is -2.12. The molecule has 4 N–H and O–H groups in total. The number of para-hydroxylation sites is 1. The highest BCUT2D eigenvalue weighted by Crippen LogP contribution is 2.37. The van der Waals surface area contributed by atoms with Gasteiger partial charge >= 0.3 is 0 Å². The summed E-state index contributed by atoms with van der Waals surface area (Å²) < 4.78 is 2.19. The minimum absolute atomic E-state index is 0.441. The van der Waals surface area contributed by atoms with Crippen LogP contribution < -0.4 is 11.5 Å². The molecular weight excluding hydrogens is 597 g/mol. The number of nitrogen functional groups attached to an aromatic ring is 1. The lowest BCUT2D eigenvalue weighted by atomic mass is 10.0. The van der Waals surface area contributed by atoms with Gasteiger partial charge in [0.15, 0.2) is 0 Å².